The predicted molar refractivity (Wildman–Crippen MR) is 121 cm³/mol. The van der Waals surface area contributed by atoms with Gasteiger partial charge in [-0.2, -0.15) is 0 Å². The van der Waals surface area contributed by atoms with Crippen molar-refractivity contribution in [1.29, 1.82) is 0 Å². The SMILES string of the molecule is CCN(c1ccc(NC(=O)c2cc3cc(OC)c(OC)c(OC)c3[nH]2)cc1)C(C)C. The zero-order chi connectivity index (χ0) is 21.8. The van der Waals surface area contributed by atoms with E-state index >= 15 is 0 Å². The minimum atomic E-state index is -0.241. The number of ether oxygens (including phenoxy) is 3. The highest BCUT2D eigenvalue weighted by molar-refractivity contribution is 6.07. The van der Waals surface area contributed by atoms with Crippen LogP contribution in [-0.4, -0.2) is 44.8 Å². The van der Waals surface area contributed by atoms with Crippen molar-refractivity contribution < 1.29 is 19.0 Å². The molecule has 160 valence electrons. The molecule has 7 heteroatoms. The summed E-state index contributed by atoms with van der Waals surface area (Å²) < 4.78 is 16.3. The van der Waals surface area contributed by atoms with Gasteiger partial charge in [0.25, 0.3) is 5.91 Å². The number of nitrogens with zero attached hydrogens (tertiary/aromatic N) is 1. The van der Waals surface area contributed by atoms with Crippen LogP contribution in [0, 0.1) is 0 Å². The van der Waals surface area contributed by atoms with Gasteiger partial charge in [0.05, 0.1) is 26.8 Å². The average Bonchev–Trinajstić information content (AvgIpc) is 3.17. The van der Waals surface area contributed by atoms with Gasteiger partial charge in [0, 0.05) is 29.3 Å². The molecule has 1 heterocycles. The number of hydrogen-bond donors (Lipinski definition) is 2. The lowest BCUT2D eigenvalue weighted by Crippen LogP contribution is -2.30. The summed E-state index contributed by atoms with van der Waals surface area (Å²) in [5.74, 6) is 1.26. The maximum Gasteiger partial charge on any atom is 0.272 e. The Bertz CT molecular complexity index is 1030. The van der Waals surface area contributed by atoms with Crippen molar-refractivity contribution >= 4 is 28.2 Å². The van der Waals surface area contributed by atoms with E-state index < -0.39 is 0 Å². The van der Waals surface area contributed by atoms with Crippen LogP contribution in [0.4, 0.5) is 11.4 Å². The highest BCUT2D eigenvalue weighted by Crippen LogP contribution is 2.43. The van der Waals surface area contributed by atoms with Gasteiger partial charge in [-0.05, 0) is 57.2 Å². The number of aromatic amines is 1. The number of benzene rings is 2. The number of nitrogens with one attached hydrogen (secondary N) is 2. The molecule has 1 amide bonds. The average molecular weight is 412 g/mol. The number of amides is 1. The van der Waals surface area contributed by atoms with Crippen LogP contribution < -0.4 is 24.4 Å². The van der Waals surface area contributed by atoms with E-state index in [9.17, 15) is 4.79 Å². The molecule has 0 saturated heterocycles. The summed E-state index contributed by atoms with van der Waals surface area (Å²) in [4.78, 5) is 18.2. The van der Waals surface area contributed by atoms with Crippen LogP contribution in [0.25, 0.3) is 10.9 Å². The van der Waals surface area contributed by atoms with E-state index in [2.05, 4.69) is 36.0 Å². The topological polar surface area (TPSA) is 75.8 Å². The van der Waals surface area contributed by atoms with Gasteiger partial charge in [-0.1, -0.05) is 0 Å². The Balaban J connectivity index is 1.87. The first-order valence-corrected chi connectivity index (χ1v) is 9.93. The summed E-state index contributed by atoms with van der Waals surface area (Å²) >= 11 is 0. The minimum Gasteiger partial charge on any atom is -0.493 e. The van der Waals surface area contributed by atoms with Gasteiger partial charge in [0.15, 0.2) is 11.5 Å². The quantitative estimate of drug-likeness (QED) is 0.563. The highest BCUT2D eigenvalue weighted by Gasteiger charge is 2.20. The predicted octanol–water partition coefficient (Wildman–Crippen LogP) is 4.68. The van der Waals surface area contributed by atoms with Crippen molar-refractivity contribution in [3.63, 3.8) is 0 Å². The number of fused-ring (bicyclic) bond motifs is 1. The number of carbonyl (C=O) groups excluding carboxylic acids is 1. The van der Waals surface area contributed by atoms with Gasteiger partial charge in [-0.25, -0.2) is 0 Å². The number of anilines is 2. The molecule has 30 heavy (non-hydrogen) atoms. The van der Waals surface area contributed by atoms with Crippen LogP contribution in [0.1, 0.15) is 31.3 Å². The van der Waals surface area contributed by atoms with Gasteiger partial charge in [0.1, 0.15) is 5.69 Å². The largest absolute Gasteiger partial charge is 0.493 e. The van der Waals surface area contributed by atoms with E-state index in [4.69, 9.17) is 14.2 Å². The number of hydrogen-bond acceptors (Lipinski definition) is 5. The first kappa shape index (κ1) is 21.4. The van der Waals surface area contributed by atoms with Crippen molar-refractivity contribution in [2.24, 2.45) is 0 Å². The molecule has 0 unspecified atom stereocenters. The summed E-state index contributed by atoms with van der Waals surface area (Å²) in [5.41, 5.74) is 2.94. The lowest BCUT2D eigenvalue weighted by Gasteiger charge is -2.27. The van der Waals surface area contributed by atoms with Crippen molar-refractivity contribution in [2.75, 3.05) is 38.1 Å². The zero-order valence-corrected chi connectivity index (χ0v) is 18.3. The number of rotatable bonds is 8. The summed E-state index contributed by atoms with van der Waals surface area (Å²) in [6.07, 6.45) is 0. The third kappa shape index (κ3) is 4.01. The standard InChI is InChI=1S/C23H29N3O4/c1-7-26(14(2)3)17-10-8-16(9-11-17)24-23(27)18-12-15-13-19(28-4)21(29-5)22(30-6)20(15)25-18/h8-14,25H,7H2,1-6H3,(H,24,27). The third-order valence-corrected chi connectivity index (χ3v) is 5.09. The Morgan fingerprint density at radius 3 is 2.23 bits per heavy atom. The van der Waals surface area contributed by atoms with E-state index in [-0.39, 0.29) is 5.91 Å². The fourth-order valence-corrected chi connectivity index (χ4v) is 3.65. The van der Waals surface area contributed by atoms with Crippen molar-refractivity contribution in [3.8, 4) is 17.2 Å². The second-order valence-electron chi connectivity index (χ2n) is 7.17. The normalized spacial score (nSPS) is 10.9. The fraction of sp³-hybridized carbons (Fsp3) is 0.348. The Hall–Kier alpha value is -3.35. The molecule has 0 fully saturated rings. The highest BCUT2D eigenvalue weighted by atomic mass is 16.5. The van der Waals surface area contributed by atoms with E-state index in [1.165, 1.54) is 0 Å². The monoisotopic (exact) mass is 411 g/mol. The Labute approximate surface area is 176 Å². The van der Waals surface area contributed by atoms with Crippen molar-refractivity contribution in [2.45, 2.75) is 26.8 Å². The zero-order valence-electron chi connectivity index (χ0n) is 18.3. The van der Waals surface area contributed by atoms with Crippen LogP contribution in [0.2, 0.25) is 0 Å². The third-order valence-electron chi connectivity index (χ3n) is 5.09. The van der Waals surface area contributed by atoms with Gasteiger partial charge >= 0.3 is 0 Å². The molecular weight excluding hydrogens is 382 g/mol. The van der Waals surface area contributed by atoms with Crippen LogP contribution in [0.3, 0.4) is 0 Å². The summed E-state index contributed by atoms with van der Waals surface area (Å²) in [7, 11) is 4.66. The first-order valence-electron chi connectivity index (χ1n) is 9.93. The van der Waals surface area contributed by atoms with Crippen molar-refractivity contribution in [3.05, 3.63) is 42.1 Å². The Morgan fingerprint density at radius 1 is 1.03 bits per heavy atom. The van der Waals surface area contributed by atoms with Crippen LogP contribution in [0.15, 0.2) is 36.4 Å². The van der Waals surface area contributed by atoms with Gasteiger partial charge in [-0.15, -0.1) is 0 Å². The number of methoxy groups -OCH3 is 3. The smallest absolute Gasteiger partial charge is 0.272 e. The Morgan fingerprint density at radius 2 is 1.70 bits per heavy atom. The molecule has 3 rings (SSSR count). The van der Waals surface area contributed by atoms with Crippen LogP contribution in [-0.2, 0) is 0 Å². The summed E-state index contributed by atoms with van der Waals surface area (Å²) in [6.45, 7) is 7.37. The second-order valence-corrected chi connectivity index (χ2v) is 7.17. The molecule has 0 bridgehead atoms. The molecule has 0 spiro atoms. The van der Waals surface area contributed by atoms with Gasteiger partial charge in [0.2, 0.25) is 5.75 Å². The van der Waals surface area contributed by atoms with E-state index in [0.717, 1.165) is 23.3 Å². The molecule has 2 aromatic carbocycles. The molecule has 0 aliphatic rings. The molecule has 0 atom stereocenters. The summed E-state index contributed by atoms with van der Waals surface area (Å²) in [5, 5.41) is 3.73. The lowest BCUT2D eigenvalue weighted by atomic mass is 10.2. The molecule has 0 aliphatic heterocycles. The van der Waals surface area contributed by atoms with E-state index in [1.54, 1.807) is 27.4 Å². The van der Waals surface area contributed by atoms with Gasteiger partial charge < -0.3 is 29.4 Å². The molecule has 0 aliphatic carbocycles. The van der Waals surface area contributed by atoms with Gasteiger partial charge in [-0.3, -0.25) is 4.79 Å². The molecular formula is C23H29N3O4. The molecule has 0 saturated carbocycles. The lowest BCUT2D eigenvalue weighted by molar-refractivity contribution is 0.102. The minimum absolute atomic E-state index is 0.241. The molecule has 0 radical (unpaired) electrons. The maximum absolute atomic E-state index is 12.8. The fourth-order valence-electron chi connectivity index (χ4n) is 3.65. The van der Waals surface area contributed by atoms with E-state index in [1.807, 2.05) is 30.3 Å². The molecule has 3 aromatic rings. The maximum atomic E-state index is 12.8. The molecule has 7 nitrogen and oxygen atoms in total. The summed E-state index contributed by atoms with van der Waals surface area (Å²) in [6, 6.07) is 11.8. The van der Waals surface area contributed by atoms with Crippen LogP contribution in [0.5, 0.6) is 17.2 Å². The Kier molecular flexibility index (Phi) is 6.40. The number of H-pyrrole nitrogens is 1. The van der Waals surface area contributed by atoms with E-state index in [0.29, 0.717) is 34.5 Å². The first-order chi connectivity index (χ1) is 14.4. The molecule has 2 N–H and O–H groups in total. The number of aromatic nitrogens is 1. The molecule has 1 aromatic heterocycles. The number of carbonyl (C=O) groups is 1. The second kappa shape index (κ2) is 8.98. The van der Waals surface area contributed by atoms with Crippen LogP contribution >= 0.6 is 0 Å². The van der Waals surface area contributed by atoms with Crippen molar-refractivity contribution in [1.82, 2.24) is 4.98 Å².